The van der Waals surface area contributed by atoms with E-state index < -0.39 is 0 Å². The van der Waals surface area contributed by atoms with Gasteiger partial charge in [-0.3, -0.25) is 0 Å². The second kappa shape index (κ2) is 7.16. The van der Waals surface area contributed by atoms with E-state index in [4.69, 9.17) is 9.72 Å². The zero-order chi connectivity index (χ0) is 14.5. The Balaban J connectivity index is 1.68. The summed E-state index contributed by atoms with van der Waals surface area (Å²) in [6, 6.07) is 10.8. The van der Waals surface area contributed by atoms with E-state index in [1.54, 1.807) is 11.3 Å². The lowest BCUT2D eigenvalue weighted by Gasteiger charge is -2.29. The van der Waals surface area contributed by atoms with E-state index in [1.165, 1.54) is 23.4 Å². The number of ether oxygens (including phenoxy) is 1. The van der Waals surface area contributed by atoms with Crippen molar-refractivity contribution < 1.29 is 4.74 Å². The summed E-state index contributed by atoms with van der Waals surface area (Å²) in [5.74, 6) is 0.604. The number of nitrogens with zero attached hydrogens (tertiary/aromatic N) is 1. The molecular weight excluding hydrogens is 280 g/mol. The topological polar surface area (TPSA) is 34.2 Å². The maximum absolute atomic E-state index is 5.62. The minimum Gasteiger partial charge on any atom is -0.381 e. The third-order valence-corrected chi connectivity index (χ3v) is 5.02. The first-order valence-corrected chi connectivity index (χ1v) is 8.49. The van der Waals surface area contributed by atoms with Gasteiger partial charge in [-0.05, 0) is 25.8 Å². The number of nitrogens with one attached hydrogen (secondary N) is 1. The van der Waals surface area contributed by atoms with E-state index in [1.807, 2.05) is 13.1 Å². The summed E-state index contributed by atoms with van der Waals surface area (Å²) in [5, 5.41) is 6.82. The van der Waals surface area contributed by atoms with Gasteiger partial charge in [-0.25, -0.2) is 4.98 Å². The molecule has 2 unspecified atom stereocenters. The number of hydrogen-bond acceptors (Lipinski definition) is 4. The summed E-state index contributed by atoms with van der Waals surface area (Å²) in [6.45, 7) is 1.80. The molecule has 2 aromatic rings. The maximum atomic E-state index is 5.62. The molecule has 0 aliphatic carbocycles. The van der Waals surface area contributed by atoms with Crippen LogP contribution in [0.1, 0.15) is 17.8 Å². The van der Waals surface area contributed by atoms with Crippen LogP contribution in [0, 0.1) is 5.92 Å². The second-order valence-corrected chi connectivity index (χ2v) is 6.51. The Morgan fingerprint density at radius 2 is 2.24 bits per heavy atom. The summed E-state index contributed by atoms with van der Waals surface area (Å²) < 4.78 is 5.62. The van der Waals surface area contributed by atoms with Crippen molar-refractivity contribution in [1.29, 1.82) is 0 Å². The standard InChI is InChI=1S/C17H22N2OS/c1-18-15(14-8-5-9-20-11-14)10-17-19-16(12-21-17)13-6-3-2-4-7-13/h2-4,6-7,12,14-15,18H,5,8-11H2,1H3. The van der Waals surface area contributed by atoms with Gasteiger partial charge in [0.1, 0.15) is 0 Å². The normalized spacial score (nSPS) is 20.3. The van der Waals surface area contributed by atoms with Gasteiger partial charge in [0.15, 0.2) is 0 Å². The highest BCUT2D eigenvalue weighted by Crippen LogP contribution is 2.25. The fourth-order valence-electron chi connectivity index (χ4n) is 2.92. The average Bonchev–Trinajstić information content (AvgIpc) is 3.03. The van der Waals surface area contributed by atoms with Gasteiger partial charge in [0.2, 0.25) is 0 Å². The van der Waals surface area contributed by atoms with Crippen LogP contribution in [0.5, 0.6) is 0 Å². The van der Waals surface area contributed by atoms with E-state index in [9.17, 15) is 0 Å². The summed E-state index contributed by atoms with van der Waals surface area (Å²) in [6.07, 6.45) is 3.42. The molecule has 0 amide bonds. The van der Waals surface area contributed by atoms with Crippen molar-refractivity contribution in [1.82, 2.24) is 10.3 Å². The van der Waals surface area contributed by atoms with Crippen LogP contribution >= 0.6 is 11.3 Å². The number of thiazole rings is 1. The highest BCUT2D eigenvalue weighted by molar-refractivity contribution is 7.09. The van der Waals surface area contributed by atoms with Crippen molar-refractivity contribution in [2.24, 2.45) is 5.92 Å². The van der Waals surface area contributed by atoms with Gasteiger partial charge in [-0.1, -0.05) is 30.3 Å². The quantitative estimate of drug-likeness (QED) is 0.919. The van der Waals surface area contributed by atoms with E-state index in [0.717, 1.165) is 25.3 Å². The first-order chi connectivity index (χ1) is 10.4. The number of aromatic nitrogens is 1. The third kappa shape index (κ3) is 3.70. The summed E-state index contributed by atoms with van der Waals surface area (Å²) >= 11 is 1.76. The zero-order valence-electron chi connectivity index (χ0n) is 12.4. The Kier molecular flexibility index (Phi) is 5.01. The average molecular weight is 302 g/mol. The molecular formula is C17H22N2OS. The fraction of sp³-hybridized carbons (Fsp3) is 0.471. The molecule has 3 rings (SSSR count). The number of hydrogen-bond donors (Lipinski definition) is 1. The molecule has 2 heterocycles. The summed E-state index contributed by atoms with van der Waals surface area (Å²) in [4.78, 5) is 4.80. The molecule has 0 bridgehead atoms. The van der Waals surface area contributed by atoms with Gasteiger partial charge in [0, 0.05) is 30.0 Å². The van der Waals surface area contributed by atoms with Gasteiger partial charge in [0.05, 0.1) is 17.3 Å². The van der Waals surface area contributed by atoms with Crippen molar-refractivity contribution in [3.63, 3.8) is 0 Å². The highest BCUT2D eigenvalue weighted by Gasteiger charge is 2.24. The molecule has 0 radical (unpaired) electrons. The Bertz CT molecular complexity index is 549. The van der Waals surface area contributed by atoms with Gasteiger partial charge >= 0.3 is 0 Å². The van der Waals surface area contributed by atoms with Crippen molar-refractivity contribution in [2.45, 2.75) is 25.3 Å². The van der Waals surface area contributed by atoms with Gasteiger partial charge in [-0.2, -0.15) is 0 Å². The van der Waals surface area contributed by atoms with E-state index in [2.05, 4.69) is 35.0 Å². The Morgan fingerprint density at radius 3 is 2.95 bits per heavy atom. The molecule has 1 saturated heterocycles. The van der Waals surface area contributed by atoms with Crippen molar-refractivity contribution in [3.8, 4) is 11.3 Å². The lowest BCUT2D eigenvalue weighted by atomic mass is 9.92. The van der Waals surface area contributed by atoms with E-state index >= 15 is 0 Å². The van der Waals surface area contributed by atoms with Crippen LogP contribution in [0.2, 0.25) is 0 Å². The van der Waals surface area contributed by atoms with Gasteiger partial charge in [0.25, 0.3) is 0 Å². The Morgan fingerprint density at radius 1 is 1.38 bits per heavy atom. The molecule has 3 nitrogen and oxygen atoms in total. The smallest absolute Gasteiger partial charge is 0.0948 e. The Hall–Kier alpha value is -1.23. The fourth-order valence-corrected chi connectivity index (χ4v) is 3.78. The molecule has 2 atom stereocenters. The van der Waals surface area contributed by atoms with Gasteiger partial charge in [-0.15, -0.1) is 11.3 Å². The minimum atomic E-state index is 0.458. The lowest BCUT2D eigenvalue weighted by molar-refractivity contribution is 0.0405. The molecule has 1 N–H and O–H groups in total. The summed E-state index contributed by atoms with van der Waals surface area (Å²) in [7, 11) is 2.05. The highest BCUT2D eigenvalue weighted by atomic mass is 32.1. The molecule has 1 aromatic carbocycles. The van der Waals surface area contributed by atoms with Crippen LogP contribution in [-0.4, -0.2) is 31.3 Å². The van der Waals surface area contributed by atoms with Crippen LogP contribution in [0.4, 0.5) is 0 Å². The van der Waals surface area contributed by atoms with Crippen LogP contribution < -0.4 is 5.32 Å². The van der Waals surface area contributed by atoms with Crippen LogP contribution in [-0.2, 0) is 11.2 Å². The predicted molar refractivity (Wildman–Crippen MR) is 87.6 cm³/mol. The molecule has 0 spiro atoms. The number of benzene rings is 1. The number of rotatable bonds is 5. The Labute approximate surface area is 130 Å². The predicted octanol–water partition coefficient (Wildman–Crippen LogP) is 3.37. The first kappa shape index (κ1) is 14.7. The van der Waals surface area contributed by atoms with Crippen LogP contribution in [0.25, 0.3) is 11.3 Å². The first-order valence-electron chi connectivity index (χ1n) is 7.61. The molecule has 21 heavy (non-hydrogen) atoms. The van der Waals surface area contributed by atoms with E-state index in [0.29, 0.717) is 12.0 Å². The lowest BCUT2D eigenvalue weighted by Crippen LogP contribution is -2.39. The minimum absolute atomic E-state index is 0.458. The largest absolute Gasteiger partial charge is 0.381 e. The molecule has 0 saturated carbocycles. The van der Waals surface area contributed by atoms with Crippen LogP contribution in [0.3, 0.4) is 0 Å². The van der Waals surface area contributed by atoms with Crippen molar-refractivity contribution >= 4 is 11.3 Å². The third-order valence-electron chi connectivity index (χ3n) is 4.15. The molecule has 1 fully saturated rings. The van der Waals surface area contributed by atoms with Crippen molar-refractivity contribution in [2.75, 3.05) is 20.3 Å². The molecule has 1 aliphatic heterocycles. The van der Waals surface area contributed by atoms with E-state index in [-0.39, 0.29) is 0 Å². The molecule has 1 aliphatic rings. The second-order valence-electron chi connectivity index (χ2n) is 5.57. The SMILES string of the molecule is CNC(Cc1nc(-c2ccccc2)cs1)C1CCCOC1. The zero-order valence-corrected chi connectivity index (χ0v) is 13.2. The molecule has 4 heteroatoms. The van der Waals surface area contributed by atoms with Crippen molar-refractivity contribution in [3.05, 3.63) is 40.7 Å². The maximum Gasteiger partial charge on any atom is 0.0948 e. The molecule has 112 valence electrons. The number of likely N-dealkylation sites (N-methyl/N-ethyl adjacent to an activating group) is 1. The monoisotopic (exact) mass is 302 g/mol. The molecule has 1 aromatic heterocycles. The van der Waals surface area contributed by atoms with Crippen LogP contribution in [0.15, 0.2) is 35.7 Å². The van der Waals surface area contributed by atoms with Gasteiger partial charge < -0.3 is 10.1 Å². The summed E-state index contributed by atoms with van der Waals surface area (Å²) in [5.41, 5.74) is 2.28.